The van der Waals surface area contributed by atoms with Crippen LogP contribution in [0.1, 0.15) is 66.0 Å². The summed E-state index contributed by atoms with van der Waals surface area (Å²) in [6.07, 6.45) is 6.95. The highest BCUT2D eigenvalue weighted by atomic mass is 15.0. The Morgan fingerprint density at radius 3 is 2.47 bits per heavy atom. The Morgan fingerprint density at radius 2 is 1.95 bits per heavy atom. The van der Waals surface area contributed by atoms with E-state index in [9.17, 15) is 0 Å². The van der Waals surface area contributed by atoms with E-state index in [0.717, 1.165) is 13.1 Å². The van der Waals surface area contributed by atoms with Gasteiger partial charge >= 0.3 is 0 Å². The molecule has 0 spiro atoms. The Kier molecular flexibility index (Phi) is 6.12. The molecular formula is C17H32N2. The summed E-state index contributed by atoms with van der Waals surface area (Å²) in [6.45, 7) is 15.9. The molecule has 0 saturated carbocycles. The Hall–Kier alpha value is -0.760. The second-order valence-corrected chi connectivity index (χ2v) is 7.17. The Morgan fingerprint density at radius 1 is 1.26 bits per heavy atom. The summed E-state index contributed by atoms with van der Waals surface area (Å²) in [5.74, 6) is 0.630. The molecule has 0 fully saturated rings. The number of aryl methyl sites for hydroxylation is 1. The van der Waals surface area contributed by atoms with E-state index in [-0.39, 0.29) is 0 Å². The third-order valence-electron chi connectivity index (χ3n) is 3.53. The molecule has 110 valence electrons. The number of rotatable bonds is 7. The minimum Gasteiger partial charge on any atom is -0.354 e. The minimum absolute atomic E-state index is 0.405. The highest BCUT2D eigenvalue weighted by Crippen LogP contribution is 2.24. The fourth-order valence-corrected chi connectivity index (χ4v) is 2.29. The van der Waals surface area contributed by atoms with Crippen LogP contribution >= 0.6 is 0 Å². The van der Waals surface area contributed by atoms with E-state index in [1.165, 1.54) is 18.4 Å². The molecule has 1 aromatic heterocycles. The van der Waals surface area contributed by atoms with E-state index < -0.39 is 0 Å². The van der Waals surface area contributed by atoms with Crippen molar-refractivity contribution in [2.24, 2.45) is 11.3 Å². The van der Waals surface area contributed by atoms with Crippen LogP contribution in [0.2, 0.25) is 0 Å². The monoisotopic (exact) mass is 264 g/mol. The first-order valence-electron chi connectivity index (χ1n) is 7.72. The van der Waals surface area contributed by atoms with E-state index in [0.29, 0.717) is 17.4 Å². The Bertz CT molecular complexity index is 358. The summed E-state index contributed by atoms with van der Waals surface area (Å²) in [4.78, 5) is 0. The normalized spacial score (nSPS) is 14.1. The minimum atomic E-state index is 0.405. The average Bonchev–Trinajstić information content (AvgIpc) is 2.74. The van der Waals surface area contributed by atoms with Crippen molar-refractivity contribution in [3.63, 3.8) is 0 Å². The molecule has 19 heavy (non-hydrogen) atoms. The molecule has 0 amide bonds. The van der Waals surface area contributed by atoms with Gasteiger partial charge in [0.05, 0.1) is 0 Å². The van der Waals surface area contributed by atoms with Crippen LogP contribution in [0.3, 0.4) is 0 Å². The molecule has 0 aromatic carbocycles. The summed E-state index contributed by atoms with van der Waals surface area (Å²) in [7, 11) is 0. The van der Waals surface area contributed by atoms with Crippen LogP contribution in [-0.2, 0) is 6.54 Å². The molecule has 0 radical (unpaired) electrons. The molecule has 1 aromatic rings. The number of nitrogens with one attached hydrogen (secondary N) is 1. The molecule has 0 saturated heterocycles. The van der Waals surface area contributed by atoms with E-state index in [2.05, 4.69) is 69.9 Å². The van der Waals surface area contributed by atoms with E-state index in [1.807, 2.05) is 0 Å². The topological polar surface area (TPSA) is 17.0 Å². The van der Waals surface area contributed by atoms with Gasteiger partial charge in [0.1, 0.15) is 0 Å². The van der Waals surface area contributed by atoms with Gasteiger partial charge in [-0.15, -0.1) is 0 Å². The predicted molar refractivity (Wildman–Crippen MR) is 84.4 cm³/mol. The number of aromatic nitrogens is 1. The smallest absolute Gasteiger partial charge is 0.0358 e. The summed E-state index contributed by atoms with van der Waals surface area (Å²) in [6, 6.07) is 2.76. The van der Waals surface area contributed by atoms with Gasteiger partial charge in [0, 0.05) is 25.0 Å². The molecule has 0 aliphatic carbocycles. The number of hydrogen-bond donors (Lipinski definition) is 1. The molecule has 0 bridgehead atoms. The van der Waals surface area contributed by atoms with Gasteiger partial charge in [-0.3, -0.25) is 0 Å². The van der Waals surface area contributed by atoms with Crippen LogP contribution in [0.5, 0.6) is 0 Å². The quantitative estimate of drug-likeness (QED) is 0.760. The van der Waals surface area contributed by atoms with Gasteiger partial charge in [-0.05, 0) is 42.3 Å². The highest BCUT2D eigenvalue weighted by Gasteiger charge is 2.16. The third-order valence-corrected chi connectivity index (χ3v) is 3.53. The van der Waals surface area contributed by atoms with Gasteiger partial charge in [-0.2, -0.15) is 0 Å². The van der Waals surface area contributed by atoms with Crippen LogP contribution in [-0.4, -0.2) is 11.1 Å². The lowest BCUT2D eigenvalue weighted by molar-refractivity contribution is 0.350. The standard InChI is InChI=1S/C17H32N2/c1-7-10-18-16(14(2)3)15-8-11-19(13-15)12-9-17(4,5)6/h8,11,13-14,16,18H,7,9-10,12H2,1-6H3. The van der Waals surface area contributed by atoms with Crippen LogP contribution < -0.4 is 5.32 Å². The van der Waals surface area contributed by atoms with Gasteiger partial charge in [-0.25, -0.2) is 0 Å². The van der Waals surface area contributed by atoms with Crippen LogP contribution in [0.25, 0.3) is 0 Å². The molecule has 2 heteroatoms. The Labute approximate surface area is 119 Å². The lowest BCUT2D eigenvalue weighted by Gasteiger charge is -2.21. The molecule has 1 heterocycles. The fraction of sp³-hybridized carbons (Fsp3) is 0.765. The maximum atomic E-state index is 3.66. The molecule has 0 aliphatic rings. The van der Waals surface area contributed by atoms with Crippen molar-refractivity contribution in [1.29, 1.82) is 0 Å². The van der Waals surface area contributed by atoms with Crippen molar-refractivity contribution < 1.29 is 0 Å². The summed E-state index contributed by atoms with van der Waals surface area (Å²) in [5.41, 5.74) is 1.83. The third kappa shape index (κ3) is 5.82. The first kappa shape index (κ1) is 16.3. The van der Waals surface area contributed by atoms with Gasteiger partial charge in [-0.1, -0.05) is 41.5 Å². The van der Waals surface area contributed by atoms with Crippen molar-refractivity contribution in [2.45, 2.75) is 67.0 Å². The zero-order valence-corrected chi connectivity index (χ0v) is 13.7. The van der Waals surface area contributed by atoms with Crippen LogP contribution in [0.15, 0.2) is 18.5 Å². The van der Waals surface area contributed by atoms with Crippen molar-refractivity contribution in [1.82, 2.24) is 9.88 Å². The molecule has 1 N–H and O–H groups in total. The Balaban J connectivity index is 2.65. The molecule has 2 nitrogen and oxygen atoms in total. The fourth-order valence-electron chi connectivity index (χ4n) is 2.29. The first-order valence-corrected chi connectivity index (χ1v) is 7.72. The molecule has 1 rings (SSSR count). The first-order chi connectivity index (χ1) is 8.83. The maximum absolute atomic E-state index is 3.66. The molecule has 0 aliphatic heterocycles. The van der Waals surface area contributed by atoms with Gasteiger partial charge in [0.25, 0.3) is 0 Å². The van der Waals surface area contributed by atoms with Gasteiger partial charge in [0.15, 0.2) is 0 Å². The zero-order chi connectivity index (χ0) is 14.5. The van der Waals surface area contributed by atoms with E-state index >= 15 is 0 Å². The molecule has 1 unspecified atom stereocenters. The highest BCUT2D eigenvalue weighted by molar-refractivity contribution is 5.16. The SMILES string of the molecule is CCCNC(c1ccn(CCC(C)(C)C)c1)C(C)C. The second kappa shape index (κ2) is 7.14. The molecular weight excluding hydrogens is 232 g/mol. The van der Waals surface area contributed by atoms with Gasteiger partial charge in [0.2, 0.25) is 0 Å². The van der Waals surface area contributed by atoms with Crippen molar-refractivity contribution in [3.8, 4) is 0 Å². The molecule has 1 atom stereocenters. The lowest BCUT2D eigenvalue weighted by Crippen LogP contribution is -2.26. The summed E-state index contributed by atoms with van der Waals surface area (Å²) in [5, 5.41) is 3.66. The zero-order valence-electron chi connectivity index (χ0n) is 13.7. The summed E-state index contributed by atoms with van der Waals surface area (Å²) >= 11 is 0. The largest absolute Gasteiger partial charge is 0.354 e. The average molecular weight is 264 g/mol. The van der Waals surface area contributed by atoms with Gasteiger partial charge < -0.3 is 9.88 Å². The van der Waals surface area contributed by atoms with Crippen molar-refractivity contribution >= 4 is 0 Å². The van der Waals surface area contributed by atoms with Crippen LogP contribution in [0, 0.1) is 11.3 Å². The van der Waals surface area contributed by atoms with Crippen molar-refractivity contribution in [2.75, 3.05) is 6.54 Å². The number of nitrogens with zero attached hydrogens (tertiary/aromatic N) is 1. The van der Waals surface area contributed by atoms with E-state index in [4.69, 9.17) is 0 Å². The number of hydrogen-bond acceptors (Lipinski definition) is 1. The summed E-state index contributed by atoms with van der Waals surface area (Å²) < 4.78 is 2.34. The lowest BCUT2D eigenvalue weighted by atomic mass is 9.92. The second-order valence-electron chi connectivity index (χ2n) is 7.17. The predicted octanol–water partition coefficient (Wildman–Crippen LogP) is 4.62. The van der Waals surface area contributed by atoms with Crippen LogP contribution in [0.4, 0.5) is 0 Å². The van der Waals surface area contributed by atoms with E-state index in [1.54, 1.807) is 0 Å². The van der Waals surface area contributed by atoms with Crippen molar-refractivity contribution in [3.05, 3.63) is 24.0 Å². The maximum Gasteiger partial charge on any atom is 0.0358 e.